The molecule has 0 N–H and O–H groups in total. The van der Waals surface area contributed by atoms with Gasteiger partial charge in [0.05, 0.1) is 32.1 Å². The van der Waals surface area contributed by atoms with Crippen LogP contribution in [0.1, 0.15) is 4.88 Å². The third-order valence-corrected chi connectivity index (χ3v) is 5.14. The highest BCUT2D eigenvalue weighted by Gasteiger charge is 2.28. The summed E-state index contributed by atoms with van der Waals surface area (Å²) in [6.45, 7) is 0.481. The minimum atomic E-state index is -0.657. The van der Waals surface area contributed by atoms with Crippen molar-refractivity contribution in [1.29, 1.82) is 0 Å². The third kappa shape index (κ3) is 4.75. The van der Waals surface area contributed by atoms with Crippen LogP contribution in [0.2, 0.25) is 0 Å². The lowest BCUT2D eigenvalue weighted by molar-refractivity contribution is -0.139. The number of ether oxygens (including phenoxy) is 3. The molecule has 3 rings (SSSR count). The van der Waals surface area contributed by atoms with Gasteiger partial charge < -0.3 is 19.1 Å². The van der Waals surface area contributed by atoms with Gasteiger partial charge in [-0.1, -0.05) is 24.3 Å². The van der Waals surface area contributed by atoms with Gasteiger partial charge in [-0.15, -0.1) is 11.3 Å². The van der Waals surface area contributed by atoms with Crippen molar-refractivity contribution in [2.24, 2.45) is 0 Å². The summed E-state index contributed by atoms with van der Waals surface area (Å²) in [6.07, 6.45) is 7.36. The maximum absolute atomic E-state index is 12.6. The van der Waals surface area contributed by atoms with Gasteiger partial charge in [0.2, 0.25) is 0 Å². The van der Waals surface area contributed by atoms with Crippen molar-refractivity contribution in [2.75, 3.05) is 25.7 Å². The van der Waals surface area contributed by atoms with Crippen molar-refractivity contribution in [1.82, 2.24) is 0 Å². The van der Waals surface area contributed by atoms with Crippen LogP contribution in [0, 0.1) is 0 Å². The molecule has 7 heteroatoms. The fourth-order valence-corrected chi connectivity index (χ4v) is 3.54. The van der Waals surface area contributed by atoms with Crippen LogP contribution < -0.4 is 9.64 Å². The van der Waals surface area contributed by atoms with Crippen LogP contribution in [0.4, 0.5) is 5.69 Å². The lowest BCUT2D eigenvalue weighted by Gasteiger charge is -2.25. The Morgan fingerprint density at radius 3 is 2.52 bits per heavy atom. The number of nitrogens with zero attached hydrogens (tertiary/aromatic N) is 1. The minimum absolute atomic E-state index is 0.0543. The maximum atomic E-state index is 12.6. The van der Waals surface area contributed by atoms with Gasteiger partial charge in [0.1, 0.15) is 11.4 Å². The van der Waals surface area contributed by atoms with Crippen molar-refractivity contribution in [3.63, 3.8) is 0 Å². The van der Waals surface area contributed by atoms with Crippen LogP contribution in [0.25, 0.3) is 0 Å². The molecule has 0 amide bonds. The zero-order valence-corrected chi connectivity index (χ0v) is 17.0. The largest absolute Gasteiger partial charge is 0.491 e. The molecule has 1 aliphatic rings. The molecular weight excluding hydrogens is 390 g/mol. The molecule has 0 radical (unpaired) electrons. The predicted molar refractivity (Wildman–Crippen MR) is 112 cm³/mol. The van der Waals surface area contributed by atoms with Crippen LogP contribution in [0.15, 0.2) is 77.5 Å². The fourth-order valence-electron chi connectivity index (χ4n) is 2.85. The van der Waals surface area contributed by atoms with Gasteiger partial charge in [-0.25, -0.2) is 9.59 Å². The highest BCUT2D eigenvalue weighted by atomic mass is 32.1. The molecular formula is C22H21NO5S. The molecule has 150 valence electrons. The number of rotatable bonds is 7. The first-order valence-corrected chi connectivity index (χ1v) is 9.83. The highest BCUT2D eigenvalue weighted by molar-refractivity contribution is 7.09. The zero-order chi connectivity index (χ0) is 20.6. The summed E-state index contributed by atoms with van der Waals surface area (Å²) < 4.78 is 15.8. The Balaban J connectivity index is 1.96. The molecule has 0 aliphatic carbocycles. The standard InChI is InChI=1S/C22H21NO5S/c1-26-21(24)17-9-5-6-13-23(20(17)22(25)27-2)18-10-3-4-11-19(18)28-14-12-16-8-7-15-29-16/h3-11,13,15H,12,14H2,1-2H3. The Morgan fingerprint density at radius 1 is 1.00 bits per heavy atom. The summed E-state index contributed by atoms with van der Waals surface area (Å²) in [4.78, 5) is 27.7. The average Bonchev–Trinajstić information content (AvgIpc) is 3.17. The Labute approximate surface area is 173 Å². The molecule has 0 spiro atoms. The SMILES string of the molecule is COC(=O)C1=C(C(=O)OC)N(c2ccccc2OCCc2cccs2)C=CC=C1. The van der Waals surface area contributed by atoms with E-state index in [1.165, 1.54) is 25.2 Å². The number of esters is 2. The van der Waals surface area contributed by atoms with Crippen LogP contribution >= 0.6 is 11.3 Å². The summed E-state index contributed by atoms with van der Waals surface area (Å²) in [5, 5.41) is 2.03. The molecule has 0 atom stereocenters. The van der Waals surface area contributed by atoms with E-state index in [9.17, 15) is 9.59 Å². The molecule has 6 nitrogen and oxygen atoms in total. The average molecular weight is 411 g/mol. The summed E-state index contributed by atoms with van der Waals surface area (Å²) >= 11 is 1.68. The first-order chi connectivity index (χ1) is 14.2. The van der Waals surface area contributed by atoms with Gasteiger partial charge in [0.15, 0.2) is 0 Å². The molecule has 0 saturated heterocycles. The Hall–Kier alpha value is -3.32. The first-order valence-electron chi connectivity index (χ1n) is 8.95. The van der Waals surface area contributed by atoms with E-state index in [0.717, 1.165) is 6.42 Å². The number of hydrogen-bond donors (Lipinski definition) is 0. The van der Waals surface area contributed by atoms with E-state index in [-0.39, 0.29) is 11.3 Å². The number of benzene rings is 1. The smallest absolute Gasteiger partial charge is 0.355 e. The van der Waals surface area contributed by atoms with E-state index in [2.05, 4.69) is 6.07 Å². The van der Waals surface area contributed by atoms with Crippen LogP contribution in [0.3, 0.4) is 0 Å². The number of thiophene rings is 1. The van der Waals surface area contributed by atoms with Gasteiger partial charge in [0.25, 0.3) is 0 Å². The molecule has 1 aromatic heterocycles. The monoisotopic (exact) mass is 411 g/mol. The molecule has 1 aliphatic heterocycles. The molecule has 2 aromatic rings. The molecule has 0 saturated carbocycles. The second-order valence-corrected chi connectivity index (χ2v) is 6.99. The molecule has 2 heterocycles. The number of hydrogen-bond acceptors (Lipinski definition) is 7. The number of para-hydroxylation sites is 2. The number of carbonyl (C=O) groups excluding carboxylic acids is 2. The number of allylic oxidation sites excluding steroid dienone is 2. The van der Waals surface area contributed by atoms with Crippen LogP contribution in [-0.2, 0) is 25.5 Å². The summed E-state index contributed by atoms with van der Waals surface area (Å²) in [5.41, 5.74) is 0.761. The van der Waals surface area contributed by atoms with E-state index in [0.29, 0.717) is 18.0 Å². The van der Waals surface area contributed by atoms with Crippen LogP contribution in [0.5, 0.6) is 5.75 Å². The second kappa shape index (κ2) is 9.75. The van der Waals surface area contributed by atoms with Gasteiger partial charge in [0, 0.05) is 17.5 Å². The van der Waals surface area contributed by atoms with E-state index in [4.69, 9.17) is 14.2 Å². The lowest BCUT2D eigenvalue weighted by atomic mass is 10.1. The van der Waals surface area contributed by atoms with E-state index >= 15 is 0 Å². The quantitative estimate of drug-likeness (QED) is 0.645. The van der Waals surface area contributed by atoms with Crippen molar-refractivity contribution in [3.05, 3.63) is 82.4 Å². The highest BCUT2D eigenvalue weighted by Crippen LogP contribution is 2.34. The molecule has 0 fully saturated rings. The minimum Gasteiger partial charge on any atom is -0.491 e. The summed E-state index contributed by atoms with van der Waals surface area (Å²) in [5.74, 6) is -0.706. The topological polar surface area (TPSA) is 65.1 Å². The Kier molecular flexibility index (Phi) is 6.86. The van der Waals surface area contributed by atoms with Crippen molar-refractivity contribution < 1.29 is 23.8 Å². The summed E-state index contributed by atoms with van der Waals surface area (Å²) in [6, 6.07) is 11.4. The summed E-state index contributed by atoms with van der Waals surface area (Å²) in [7, 11) is 2.53. The van der Waals surface area contributed by atoms with E-state index in [1.54, 1.807) is 34.6 Å². The second-order valence-electron chi connectivity index (χ2n) is 5.96. The molecule has 29 heavy (non-hydrogen) atoms. The van der Waals surface area contributed by atoms with E-state index in [1.807, 2.05) is 35.7 Å². The van der Waals surface area contributed by atoms with Crippen molar-refractivity contribution in [3.8, 4) is 5.75 Å². The van der Waals surface area contributed by atoms with Gasteiger partial charge >= 0.3 is 11.9 Å². The van der Waals surface area contributed by atoms with Gasteiger partial charge in [-0.2, -0.15) is 0 Å². The van der Waals surface area contributed by atoms with Gasteiger partial charge in [-0.3, -0.25) is 0 Å². The normalized spacial score (nSPS) is 13.2. The van der Waals surface area contributed by atoms with Gasteiger partial charge in [-0.05, 0) is 35.7 Å². The molecule has 0 bridgehead atoms. The predicted octanol–water partition coefficient (Wildman–Crippen LogP) is 3.86. The number of anilines is 1. The number of carbonyl (C=O) groups is 2. The fraction of sp³-hybridized carbons (Fsp3) is 0.182. The Bertz CT molecular complexity index is 959. The van der Waals surface area contributed by atoms with Crippen LogP contribution in [-0.4, -0.2) is 32.8 Å². The Morgan fingerprint density at radius 2 is 1.79 bits per heavy atom. The lowest BCUT2D eigenvalue weighted by Crippen LogP contribution is -2.27. The molecule has 1 aromatic carbocycles. The first kappa shape index (κ1) is 20.4. The molecule has 0 unspecified atom stereocenters. The zero-order valence-electron chi connectivity index (χ0n) is 16.2. The third-order valence-electron chi connectivity index (χ3n) is 4.20. The van der Waals surface area contributed by atoms with E-state index < -0.39 is 11.9 Å². The maximum Gasteiger partial charge on any atom is 0.355 e. The van der Waals surface area contributed by atoms with Crippen molar-refractivity contribution in [2.45, 2.75) is 6.42 Å². The van der Waals surface area contributed by atoms with Crippen molar-refractivity contribution >= 4 is 29.0 Å². The number of methoxy groups -OCH3 is 2.